The van der Waals surface area contributed by atoms with Crippen LogP contribution in [0.4, 0.5) is 0 Å². The second kappa shape index (κ2) is 8.51. The predicted molar refractivity (Wildman–Crippen MR) is 87.0 cm³/mol. The van der Waals surface area contributed by atoms with E-state index in [1.807, 2.05) is 0 Å². The van der Waals surface area contributed by atoms with Crippen LogP contribution in [0.15, 0.2) is 0 Å². The molecule has 0 spiro atoms. The fourth-order valence-electron chi connectivity index (χ4n) is 3.06. The van der Waals surface area contributed by atoms with Gasteiger partial charge in [0.2, 0.25) is 0 Å². The first kappa shape index (κ1) is 21.5. The lowest BCUT2D eigenvalue weighted by Gasteiger charge is -2.40. The molecule has 154 valence electrons. The van der Waals surface area contributed by atoms with Gasteiger partial charge >= 0.3 is 17.9 Å². The van der Waals surface area contributed by atoms with E-state index in [9.17, 15) is 14.4 Å². The molecule has 0 radical (unpaired) electrons. The van der Waals surface area contributed by atoms with Gasteiger partial charge in [-0.15, -0.1) is 0 Å². The standard InChI is InChI=1S/C17H26O10/c1-8(2)25-17(6)26-15-14(23-11(5)20)13(22-10(4)19)12(7-21-9(3)18)24-16(15)27-17/h8,12-16H,7H2,1-6H3/t12-,13-,14+,15-,16-,17?/m1/s1. The molecule has 0 aromatic carbocycles. The van der Waals surface area contributed by atoms with Gasteiger partial charge in [-0.1, -0.05) is 0 Å². The summed E-state index contributed by atoms with van der Waals surface area (Å²) in [6.07, 6.45) is -5.13. The predicted octanol–water partition coefficient (Wildman–Crippen LogP) is 0.652. The lowest BCUT2D eigenvalue weighted by atomic mass is 9.98. The number of ether oxygens (including phenoxy) is 7. The number of hydrogen-bond donors (Lipinski definition) is 0. The first-order valence-electron chi connectivity index (χ1n) is 8.67. The van der Waals surface area contributed by atoms with Crippen LogP contribution in [0.5, 0.6) is 0 Å². The first-order valence-corrected chi connectivity index (χ1v) is 8.67. The summed E-state index contributed by atoms with van der Waals surface area (Å²) in [6.45, 7) is 8.60. The van der Waals surface area contributed by atoms with Crippen molar-refractivity contribution in [2.75, 3.05) is 6.61 Å². The van der Waals surface area contributed by atoms with Crippen molar-refractivity contribution in [1.82, 2.24) is 0 Å². The Morgan fingerprint density at radius 1 is 0.963 bits per heavy atom. The van der Waals surface area contributed by atoms with Crippen molar-refractivity contribution in [3.8, 4) is 0 Å². The van der Waals surface area contributed by atoms with Crippen LogP contribution in [-0.4, -0.2) is 67.3 Å². The summed E-state index contributed by atoms with van der Waals surface area (Å²) < 4.78 is 38.6. The van der Waals surface area contributed by atoms with Gasteiger partial charge in [-0.25, -0.2) is 0 Å². The minimum Gasteiger partial charge on any atom is -0.463 e. The average Bonchev–Trinajstić information content (AvgIpc) is 2.81. The van der Waals surface area contributed by atoms with Crippen LogP contribution in [0.2, 0.25) is 0 Å². The molecule has 27 heavy (non-hydrogen) atoms. The molecule has 2 aliphatic rings. The number of rotatable bonds is 6. The van der Waals surface area contributed by atoms with E-state index in [0.717, 1.165) is 0 Å². The average molecular weight is 390 g/mol. The Labute approximate surface area is 157 Å². The maximum Gasteiger partial charge on any atom is 0.303 e. The maximum atomic E-state index is 11.6. The quantitative estimate of drug-likeness (QED) is 0.473. The molecule has 2 aliphatic heterocycles. The fraction of sp³-hybridized carbons (Fsp3) is 0.824. The lowest BCUT2D eigenvalue weighted by Crippen LogP contribution is -2.60. The zero-order valence-corrected chi connectivity index (χ0v) is 16.3. The normalized spacial score (nSPS) is 35.4. The van der Waals surface area contributed by atoms with Gasteiger partial charge in [0.05, 0.1) is 6.10 Å². The summed E-state index contributed by atoms with van der Waals surface area (Å²) in [7, 11) is 0. The number of carbonyl (C=O) groups excluding carboxylic acids is 3. The highest BCUT2D eigenvalue weighted by molar-refractivity contribution is 5.67. The Hall–Kier alpha value is -1.75. The number of esters is 3. The molecule has 10 nitrogen and oxygen atoms in total. The van der Waals surface area contributed by atoms with E-state index >= 15 is 0 Å². The Morgan fingerprint density at radius 3 is 2.07 bits per heavy atom. The van der Waals surface area contributed by atoms with Gasteiger partial charge in [0.1, 0.15) is 12.7 Å². The van der Waals surface area contributed by atoms with Gasteiger partial charge in [0.15, 0.2) is 24.6 Å². The highest BCUT2D eigenvalue weighted by Gasteiger charge is 2.59. The molecule has 2 fully saturated rings. The number of carbonyl (C=O) groups is 3. The van der Waals surface area contributed by atoms with Crippen LogP contribution in [0.1, 0.15) is 41.5 Å². The molecule has 0 aromatic rings. The molecular weight excluding hydrogens is 364 g/mol. The minimum absolute atomic E-state index is 0.219. The summed E-state index contributed by atoms with van der Waals surface area (Å²) >= 11 is 0. The molecular formula is C17H26O10. The zero-order chi connectivity index (χ0) is 20.4. The fourth-order valence-corrected chi connectivity index (χ4v) is 3.06. The van der Waals surface area contributed by atoms with Crippen LogP contribution in [0.3, 0.4) is 0 Å². The molecule has 0 aromatic heterocycles. The second-order valence-electron chi connectivity index (χ2n) is 6.72. The smallest absolute Gasteiger partial charge is 0.303 e. The van der Waals surface area contributed by atoms with Gasteiger partial charge < -0.3 is 28.4 Å². The van der Waals surface area contributed by atoms with Crippen molar-refractivity contribution in [3.05, 3.63) is 0 Å². The Kier molecular flexibility index (Phi) is 6.79. The highest BCUT2D eigenvalue weighted by Crippen LogP contribution is 2.40. The molecule has 0 saturated carbocycles. The van der Waals surface area contributed by atoms with Crippen molar-refractivity contribution in [3.63, 3.8) is 0 Å². The molecule has 2 rings (SSSR count). The van der Waals surface area contributed by atoms with Crippen molar-refractivity contribution in [2.45, 2.75) is 84.3 Å². The molecule has 0 bridgehead atoms. The van der Waals surface area contributed by atoms with E-state index in [0.29, 0.717) is 0 Å². The second-order valence-corrected chi connectivity index (χ2v) is 6.72. The van der Waals surface area contributed by atoms with E-state index in [1.54, 1.807) is 20.8 Å². The third-order valence-electron chi connectivity index (χ3n) is 3.78. The Bertz CT molecular complexity index is 576. The van der Waals surface area contributed by atoms with Crippen LogP contribution >= 0.6 is 0 Å². The van der Waals surface area contributed by atoms with Crippen molar-refractivity contribution in [2.24, 2.45) is 0 Å². The first-order chi connectivity index (χ1) is 12.5. The van der Waals surface area contributed by atoms with E-state index in [1.165, 1.54) is 20.8 Å². The molecule has 0 N–H and O–H groups in total. The van der Waals surface area contributed by atoms with Gasteiger partial charge in [-0.2, -0.15) is 0 Å². The zero-order valence-electron chi connectivity index (χ0n) is 16.3. The third-order valence-corrected chi connectivity index (χ3v) is 3.78. The summed E-state index contributed by atoms with van der Waals surface area (Å²) in [5.74, 6) is -3.21. The minimum atomic E-state index is -1.45. The lowest BCUT2D eigenvalue weighted by molar-refractivity contribution is -0.355. The van der Waals surface area contributed by atoms with Gasteiger partial charge in [0, 0.05) is 27.7 Å². The SMILES string of the molecule is CC(=O)OC[C@H]1O[C@@H]2OC(C)(OC(C)C)O[C@@H]2[C@@H](OC(C)=O)[C@@H]1OC(C)=O. The summed E-state index contributed by atoms with van der Waals surface area (Å²) in [5, 5.41) is 0. The van der Waals surface area contributed by atoms with E-state index in [2.05, 4.69) is 0 Å². The summed E-state index contributed by atoms with van der Waals surface area (Å²) in [6, 6.07) is 0. The summed E-state index contributed by atoms with van der Waals surface area (Å²) in [5.41, 5.74) is 0. The van der Waals surface area contributed by atoms with Gasteiger partial charge in [-0.05, 0) is 13.8 Å². The number of fused-ring (bicyclic) bond motifs is 1. The molecule has 0 aliphatic carbocycles. The van der Waals surface area contributed by atoms with Crippen molar-refractivity contribution >= 4 is 17.9 Å². The number of hydrogen-bond acceptors (Lipinski definition) is 10. The van der Waals surface area contributed by atoms with Crippen molar-refractivity contribution < 1.29 is 47.5 Å². The molecule has 2 heterocycles. The largest absolute Gasteiger partial charge is 0.463 e. The van der Waals surface area contributed by atoms with Crippen LogP contribution in [0, 0.1) is 0 Å². The Morgan fingerprint density at radius 2 is 1.56 bits per heavy atom. The monoisotopic (exact) mass is 390 g/mol. The van der Waals surface area contributed by atoms with Crippen LogP contribution < -0.4 is 0 Å². The van der Waals surface area contributed by atoms with Crippen molar-refractivity contribution in [1.29, 1.82) is 0 Å². The maximum absolute atomic E-state index is 11.6. The third kappa shape index (κ3) is 5.61. The molecule has 6 atom stereocenters. The molecule has 0 amide bonds. The molecule has 1 unspecified atom stereocenters. The van der Waals surface area contributed by atoms with E-state index in [4.69, 9.17) is 33.2 Å². The van der Waals surface area contributed by atoms with Gasteiger partial charge in [-0.3, -0.25) is 19.1 Å². The van der Waals surface area contributed by atoms with E-state index < -0.39 is 54.6 Å². The topological polar surface area (TPSA) is 116 Å². The molecule has 2 saturated heterocycles. The van der Waals surface area contributed by atoms with Gasteiger partial charge in [0.25, 0.3) is 5.97 Å². The van der Waals surface area contributed by atoms with Crippen LogP contribution in [0.25, 0.3) is 0 Å². The van der Waals surface area contributed by atoms with Crippen LogP contribution in [-0.2, 0) is 47.5 Å². The highest BCUT2D eigenvalue weighted by atomic mass is 16.9. The van der Waals surface area contributed by atoms with E-state index in [-0.39, 0.29) is 12.7 Å². The Balaban J connectivity index is 2.30. The molecule has 10 heteroatoms. The summed E-state index contributed by atoms with van der Waals surface area (Å²) in [4.78, 5) is 34.4.